The summed E-state index contributed by atoms with van der Waals surface area (Å²) in [6.07, 6.45) is 1.43. The van der Waals surface area contributed by atoms with Gasteiger partial charge in [0.25, 0.3) is 11.4 Å². The number of ether oxygens (including phenoxy) is 2. The summed E-state index contributed by atoms with van der Waals surface area (Å²) < 4.78 is 10.4. The van der Waals surface area contributed by atoms with Gasteiger partial charge in [0.05, 0.1) is 22.0 Å². The van der Waals surface area contributed by atoms with Crippen molar-refractivity contribution in [2.45, 2.75) is 12.0 Å². The zero-order valence-electron chi connectivity index (χ0n) is 15.9. The molecule has 1 aliphatic rings. The fraction of sp³-hybridized carbons (Fsp3) is 0.200. The predicted octanol–water partition coefficient (Wildman–Crippen LogP) is 2.42. The smallest absolute Gasteiger partial charge is 0.338 e. The number of nitro benzene ring substituents is 2. The molecule has 1 saturated heterocycles. The Labute approximate surface area is 174 Å². The van der Waals surface area contributed by atoms with Gasteiger partial charge in [0.1, 0.15) is 6.61 Å². The lowest BCUT2D eigenvalue weighted by Gasteiger charge is -2.24. The maximum Gasteiger partial charge on any atom is 0.338 e. The molecular weight excluding hydrogens is 412 g/mol. The van der Waals surface area contributed by atoms with Crippen molar-refractivity contribution in [1.29, 1.82) is 0 Å². The molecule has 0 amide bonds. The number of rotatable bonds is 7. The molecule has 1 fully saturated rings. The Balaban J connectivity index is 1.69. The summed E-state index contributed by atoms with van der Waals surface area (Å²) in [4.78, 5) is 44.7. The molecule has 0 aromatic heterocycles. The molecule has 0 radical (unpaired) electrons. The highest BCUT2D eigenvalue weighted by molar-refractivity contribution is 5.96. The first-order chi connectivity index (χ1) is 14.7. The first-order valence-corrected chi connectivity index (χ1v) is 8.94. The number of nitro groups is 2. The van der Waals surface area contributed by atoms with E-state index < -0.39 is 40.6 Å². The van der Waals surface area contributed by atoms with Crippen molar-refractivity contribution in [1.82, 2.24) is 0 Å². The van der Waals surface area contributed by atoms with Crippen LogP contribution in [0.4, 0.5) is 11.4 Å². The molecule has 0 bridgehead atoms. The molecule has 1 unspecified atom stereocenters. The third kappa shape index (κ3) is 4.90. The third-order valence-electron chi connectivity index (χ3n) is 4.60. The molecule has 11 heteroatoms. The van der Waals surface area contributed by atoms with Gasteiger partial charge >= 0.3 is 11.9 Å². The molecule has 1 atom stereocenters. The second-order valence-electron chi connectivity index (χ2n) is 6.81. The van der Waals surface area contributed by atoms with Crippen molar-refractivity contribution >= 4 is 29.4 Å². The largest absolute Gasteiger partial charge is 0.458 e. The van der Waals surface area contributed by atoms with Crippen molar-refractivity contribution in [2.75, 3.05) is 13.2 Å². The van der Waals surface area contributed by atoms with Gasteiger partial charge < -0.3 is 14.6 Å². The Morgan fingerprint density at radius 2 is 1.61 bits per heavy atom. The van der Waals surface area contributed by atoms with Gasteiger partial charge in [-0.25, -0.2) is 9.59 Å². The highest BCUT2D eigenvalue weighted by atomic mass is 16.6. The Morgan fingerprint density at radius 1 is 1.06 bits per heavy atom. The van der Waals surface area contributed by atoms with Crippen LogP contribution < -0.4 is 0 Å². The summed E-state index contributed by atoms with van der Waals surface area (Å²) >= 11 is 0. The van der Waals surface area contributed by atoms with Gasteiger partial charge in [-0.3, -0.25) is 20.2 Å². The number of carbonyl (C=O) groups is 2. The summed E-state index contributed by atoms with van der Waals surface area (Å²) in [5.74, 6) is -1.51. The van der Waals surface area contributed by atoms with E-state index in [0.717, 1.165) is 12.1 Å². The van der Waals surface area contributed by atoms with Crippen molar-refractivity contribution in [3.63, 3.8) is 0 Å². The molecule has 1 N–H and O–H groups in total. The fourth-order valence-electron chi connectivity index (χ4n) is 2.93. The number of hydrogen-bond donors (Lipinski definition) is 1. The van der Waals surface area contributed by atoms with Crippen molar-refractivity contribution < 1.29 is 34.0 Å². The second kappa shape index (κ2) is 8.71. The SMILES string of the molecule is O=C1OC(CO)(COC(=O)c2ccc([N+](=O)[O-])cc2)C/C1=C\c1ccc([N+](=O)[O-])cc1. The van der Waals surface area contributed by atoms with Crippen LogP contribution in [0, 0.1) is 20.2 Å². The van der Waals surface area contributed by atoms with E-state index in [0.29, 0.717) is 5.56 Å². The zero-order valence-corrected chi connectivity index (χ0v) is 15.9. The molecule has 2 aromatic rings. The summed E-state index contributed by atoms with van der Waals surface area (Å²) in [6, 6.07) is 10.3. The topological polar surface area (TPSA) is 159 Å². The van der Waals surface area contributed by atoms with Crippen LogP contribution in [0.25, 0.3) is 6.08 Å². The van der Waals surface area contributed by atoms with Crippen LogP contribution in [-0.4, -0.2) is 45.7 Å². The van der Waals surface area contributed by atoms with E-state index in [1.165, 1.54) is 42.5 Å². The van der Waals surface area contributed by atoms with Crippen LogP contribution in [0.3, 0.4) is 0 Å². The van der Waals surface area contributed by atoms with Crippen LogP contribution in [0.2, 0.25) is 0 Å². The summed E-state index contributed by atoms with van der Waals surface area (Å²) in [6.45, 7) is -1.04. The number of aliphatic hydroxyl groups is 1. The van der Waals surface area contributed by atoms with E-state index in [2.05, 4.69) is 0 Å². The number of aliphatic hydroxyl groups excluding tert-OH is 1. The van der Waals surface area contributed by atoms with E-state index >= 15 is 0 Å². The maximum atomic E-state index is 12.2. The highest BCUT2D eigenvalue weighted by Crippen LogP contribution is 2.32. The van der Waals surface area contributed by atoms with E-state index in [9.17, 15) is 34.9 Å². The average molecular weight is 428 g/mol. The number of cyclic esters (lactones) is 1. The summed E-state index contributed by atoms with van der Waals surface area (Å²) in [5, 5.41) is 31.2. The van der Waals surface area contributed by atoms with E-state index in [1.807, 2.05) is 0 Å². The number of nitrogens with zero attached hydrogens (tertiary/aromatic N) is 2. The number of carbonyl (C=O) groups excluding carboxylic acids is 2. The minimum atomic E-state index is -1.47. The van der Waals surface area contributed by atoms with Gasteiger partial charge in [0.2, 0.25) is 0 Å². The zero-order chi connectivity index (χ0) is 22.6. The van der Waals surface area contributed by atoms with Gasteiger partial charge in [-0.05, 0) is 35.9 Å². The third-order valence-corrected chi connectivity index (χ3v) is 4.60. The van der Waals surface area contributed by atoms with Crippen LogP contribution in [0.15, 0.2) is 54.1 Å². The van der Waals surface area contributed by atoms with Gasteiger partial charge in [-0.2, -0.15) is 0 Å². The monoisotopic (exact) mass is 428 g/mol. The molecular formula is C20H16N2O9. The molecule has 0 saturated carbocycles. The standard InChI is InChI=1S/C20H16N2O9/c23-11-20(12-30-18(24)14-3-7-17(8-4-14)22(28)29)10-15(19(25)31-20)9-13-1-5-16(6-2-13)21(26)27/h1-9,23H,10-12H2/b15-9+. The number of non-ortho nitro benzene ring substituents is 2. The quantitative estimate of drug-likeness (QED) is 0.302. The summed E-state index contributed by atoms with van der Waals surface area (Å²) in [7, 11) is 0. The minimum absolute atomic E-state index is 0.0487. The molecule has 1 heterocycles. The lowest BCUT2D eigenvalue weighted by molar-refractivity contribution is -0.385. The van der Waals surface area contributed by atoms with Crippen LogP contribution in [-0.2, 0) is 14.3 Å². The molecule has 31 heavy (non-hydrogen) atoms. The Morgan fingerprint density at radius 3 is 2.13 bits per heavy atom. The van der Waals surface area contributed by atoms with Crippen molar-refractivity contribution in [2.24, 2.45) is 0 Å². The molecule has 0 aliphatic carbocycles. The molecule has 2 aromatic carbocycles. The second-order valence-corrected chi connectivity index (χ2v) is 6.81. The highest BCUT2D eigenvalue weighted by Gasteiger charge is 2.44. The number of esters is 2. The van der Waals surface area contributed by atoms with E-state index in [-0.39, 0.29) is 28.9 Å². The van der Waals surface area contributed by atoms with Crippen LogP contribution in [0.5, 0.6) is 0 Å². The fourth-order valence-corrected chi connectivity index (χ4v) is 2.93. The number of benzene rings is 2. The Bertz CT molecular complexity index is 1060. The lowest BCUT2D eigenvalue weighted by Crippen LogP contribution is -2.39. The van der Waals surface area contributed by atoms with E-state index in [4.69, 9.17) is 9.47 Å². The minimum Gasteiger partial charge on any atom is -0.458 e. The van der Waals surface area contributed by atoms with Gasteiger partial charge in [-0.1, -0.05) is 0 Å². The molecule has 11 nitrogen and oxygen atoms in total. The maximum absolute atomic E-state index is 12.2. The first-order valence-electron chi connectivity index (χ1n) is 8.94. The van der Waals surface area contributed by atoms with Gasteiger partial charge in [0, 0.05) is 36.3 Å². The molecule has 3 rings (SSSR count). The Kier molecular flexibility index (Phi) is 6.07. The predicted molar refractivity (Wildman–Crippen MR) is 105 cm³/mol. The van der Waals surface area contributed by atoms with Crippen molar-refractivity contribution in [3.05, 3.63) is 85.5 Å². The molecule has 160 valence electrons. The number of hydrogen-bond acceptors (Lipinski definition) is 9. The van der Waals surface area contributed by atoms with E-state index in [1.54, 1.807) is 0 Å². The average Bonchev–Trinajstić information content (AvgIpc) is 3.08. The van der Waals surface area contributed by atoms with Crippen LogP contribution in [0.1, 0.15) is 22.3 Å². The lowest BCUT2D eigenvalue weighted by atomic mass is 9.98. The molecule has 1 aliphatic heterocycles. The first kappa shape index (κ1) is 21.6. The molecule has 0 spiro atoms. The normalized spacial score (nSPS) is 19.1. The van der Waals surface area contributed by atoms with Crippen molar-refractivity contribution in [3.8, 4) is 0 Å². The summed E-state index contributed by atoms with van der Waals surface area (Å²) in [5.41, 5.74) is -0.971. The van der Waals surface area contributed by atoms with Crippen LogP contribution >= 0.6 is 0 Å². The van der Waals surface area contributed by atoms with Gasteiger partial charge in [0.15, 0.2) is 5.60 Å². The Hall–Kier alpha value is -4.12. The van der Waals surface area contributed by atoms with Gasteiger partial charge in [-0.15, -0.1) is 0 Å².